The van der Waals surface area contributed by atoms with Gasteiger partial charge in [0.25, 0.3) is 5.91 Å². The van der Waals surface area contributed by atoms with Crippen molar-refractivity contribution in [3.05, 3.63) is 52.8 Å². The second-order valence-corrected chi connectivity index (χ2v) is 10.9. The van der Waals surface area contributed by atoms with Gasteiger partial charge in [0.2, 0.25) is 10.0 Å². The van der Waals surface area contributed by atoms with Gasteiger partial charge < -0.3 is 9.30 Å². The van der Waals surface area contributed by atoms with Crippen LogP contribution in [0.25, 0.3) is 10.2 Å². The third kappa shape index (κ3) is 4.37. The molecule has 0 saturated carbocycles. The first kappa shape index (κ1) is 22.7. The van der Waals surface area contributed by atoms with Gasteiger partial charge in [-0.3, -0.25) is 4.79 Å². The number of thiazole rings is 1. The summed E-state index contributed by atoms with van der Waals surface area (Å²) in [7, 11) is -1.77. The van der Waals surface area contributed by atoms with Gasteiger partial charge in [0, 0.05) is 20.1 Å². The number of sulfonamides is 1. The number of aromatic nitrogens is 1. The van der Waals surface area contributed by atoms with Gasteiger partial charge in [-0.2, -0.15) is 9.30 Å². The van der Waals surface area contributed by atoms with E-state index in [1.807, 2.05) is 43.7 Å². The summed E-state index contributed by atoms with van der Waals surface area (Å²) in [6, 6.07) is 12.6. The van der Waals surface area contributed by atoms with Crippen molar-refractivity contribution in [3.8, 4) is 5.75 Å². The number of rotatable bonds is 5. The molecule has 2 heterocycles. The first-order valence-electron chi connectivity index (χ1n) is 10.7. The normalized spacial score (nSPS) is 18.2. The fourth-order valence-corrected chi connectivity index (χ4v) is 6.52. The molecule has 1 saturated heterocycles. The smallest absolute Gasteiger partial charge is 0.252 e. The Balaban J connectivity index is 1.60. The number of carbonyl (C=O) groups is 1. The quantitative estimate of drug-likeness (QED) is 0.568. The molecule has 0 spiro atoms. The summed E-state index contributed by atoms with van der Waals surface area (Å²) in [6.45, 7) is 4.96. The Hall–Kier alpha value is -2.49. The molecule has 1 aliphatic heterocycles. The molecule has 1 unspecified atom stereocenters. The number of hydrogen-bond donors (Lipinski definition) is 0. The molecule has 1 aliphatic rings. The van der Waals surface area contributed by atoms with Crippen LogP contribution in [0.5, 0.6) is 5.75 Å². The zero-order valence-electron chi connectivity index (χ0n) is 18.4. The second-order valence-electron chi connectivity index (χ2n) is 7.94. The van der Waals surface area contributed by atoms with E-state index in [-0.39, 0.29) is 17.3 Å². The molecule has 1 amide bonds. The predicted octanol–water partition coefficient (Wildman–Crippen LogP) is 3.48. The number of carbonyl (C=O) groups excluding carboxylic acids is 1. The van der Waals surface area contributed by atoms with E-state index >= 15 is 0 Å². The minimum Gasteiger partial charge on any atom is -0.492 e. The van der Waals surface area contributed by atoms with Gasteiger partial charge in [-0.1, -0.05) is 35.1 Å². The largest absolute Gasteiger partial charge is 0.492 e. The Bertz CT molecular complexity index is 1310. The summed E-state index contributed by atoms with van der Waals surface area (Å²) in [6.07, 6.45) is 1.26. The molecule has 0 aliphatic carbocycles. The lowest BCUT2D eigenvalue weighted by molar-refractivity contribution is -0.122. The first-order chi connectivity index (χ1) is 15.3. The average molecular weight is 474 g/mol. The van der Waals surface area contributed by atoms with E-state index in [1.54, 1.807) is 24.3 Å². The Morgan fingerprint density at radius 3 is 2.69 bits per heavy atom. The molecule has 2 aromatic carbocycles. The van der Waals surface area contributed by atoms with Crippen LogP contribution in [-0.4, -0.2) is 42.9 Å². The van der Waals surface area contributed by atoms with Crippen molar-refractivity contribution in [3.63, 3.8) is 0 Å². The van der Waals surface area contributed by atoms with Gasteiger partial charge >= 0.3 is 0 Å². The second kappa shape index (κ2) is 9.17. The molecule has 0 bridgehead atoms. The molecule has 32 heavy (non-hydrogen) atoms. The van der Waals surface area contributed by atoms with E-state index < -0.39 is 15.9 Å². The molecule has 4 rings (SSSR count). The Morgan fingerprint density at radius 2 is 1.97 bits per heavy atom. The minimum absolute atomic E-state index is 0.150. The number of para-hydroxylation sites is 1. The Morgan fingerprint density at radius 1 is 1.22 bits per heavy atom. The average Bonchev–Trinajstić information content (AvgIpc) is 3.10. The fraction of sp³-hybridized carbons (Fsp3) is 0.391. The standard InChI is InChI=1S/C23H27N3O4S2/c1-4-30-19-8-5-9-20-21(19)25(3)23(31-20)24-22(27)17-7-6-14-26(15-17)32(28,29)18-12-10-16(2)11-13-18/h5,8-13,17H,4,6-7,14-15H2,1-3H3. The summed E-state index contributed by atoms with van der Waals surface area (Å²) in [5, 5.41) is 0. The number of ether oxygens (including phenoxy) is 1. The van der Waals surface area contributed by atoms with Gasteiger partial charge in [-0.05, 0) is 51.0 Å². The Kier molecular flexibility index (Phi) is 6.50. The van der Waals surface area contributed by atoms with Crippen LogP contribution in [0.15, 0.2) is 52.4 Å². The highest BCUT2D eigenvalue weighted by Gasteiger charge is 2.33. The first-order valence-corrected chi connectivity index (χ1v) is 12.9. The van der Waals surface area contributed by atoms with Crippen molar-refractivity contribution < 1.29 is 17.9 Å². The molecule has 1 fully saturated rings. The van der Waals surface area contributed by atoms with Crippen LogP contribution >= 0.6 is 11.3 Å². The molecule has 0 radical (unpaired) electrons. The number of benzene rings is 2. The lowest BCUT2D eigenvalue weighted by Crippen LogP contribution is -2.42. The topological polar surface area (TPSA) is 81.0 Å². The number of amides is 1. The van der Waals surface area contributed by atoms with Gasteiger partial charge in [0.1, 0.15) is 11.3 Å². The number of aryl methyl sites for hydroxylation is 2. The molecule has 170 valence electrons. The van der Waals surface area contributed by atoms with Crippen molar-refractivity contribution in [2.75, 3.05) is 19.7 Å². The van der Waals surface area contributed by atoms with Crippen LogP contribution in [0.2, 0.25) is 0 Å². The highest BCUT2D eigenvalue weighted by atomic mass is 32.2. The molecule has 7 nitrogen and oxygen atoms in total. The number of fused-ring (bicyclic) bond motifs is 1. The number of hydrogen-bond acceptors (Lipinski definition) is 5. The van der Waals surface area contributed by atoms with Gasteiger partial charge in [0.15, 0.2) is 4.80 Å². The third-order valence-electron chi connectivity index (χ3n) is 5.68. The van der Waals surface area contributed by atoms with Crippen molar-refractivity contribution in [2.24, 2.45) is 18.0 Å². The fourth-order valence-electron chi connectivity index (χ4n) is 3.95. The van der Waals surface area contributed by atoms with Crippen LogP contribution in [0, 0.1) is 12.8 Å². The van der Waals surface area contributed by atoms with Crippen molar-refractivity contribution in [1.82, 2.24) is 8.87 Å². The maximum absolute atomic E-state index is 13.1. The molecule has 3 aromatic rings. The lowest BCUT2D eigenvalue weighted by atomic mass is 9.99. The predicted molar refractivity (Wildman–Crippen MR) is 125 cm³/mol. The third-order valence-corrected chi connectivity index (χ3v) is 8.66. The van der Waals surface area contributed by atoms with Crippen molar-refractivity contribution >= 4 is 37.5 Å². The molecular formula is C23H27N3O4S2. The zero-order valence-corrected chi connectivity index (χ0v) is 20.1. The van der Waals surface area contributed by atoms with E-state index in [9.17, 15) is 13.2 Å². The number of piperidine rings is 1. The van der Waals surface area contributed by atoms with Crippen LogP contribution < -0.4 is 9.54 Å². The van der Waals surface area contributed by atoms with E-state index in [0.29, 0.717) is 30.8 Å². The monoisotopic (exact) mass is 473 g/mol. The summed E-state index contributed by atoms with van der Waals surface area (Å²) in [5.41, 5.74) is 1.90. The van der Waals surface area contributed by atoms with Crippen LogP contribution in [0.4, 0.5) is 0 Å². The summed E-state index contributed by atoms with van der Waals surface area (Å²) >= 11 is 1.42. The minimum atomic E-state index is -3.64. The van der Waals surface area contributed by atoms with Crippen LogP contribution in [0.1, 0.15) is 25.3 Å². The molecular weight excluding hydrogens is 446 g/mol. The van der Waals surface area contributed by atoms with Crippen molar-refractivity contribution in [1.29, 1.82) is 0 Å². The van der Waals surface area contributed by atoms with Crippen LogP contribution in [0.3, 0.4) is 0 Å². The van der Waals surface area contributed by atoms with E-state index in [4.69, 9.17) is 4.74 Å². The van der Waals surface area contributed by atoms with E-state index in [2.05, 4.69) is 4.99 Å². The molecule has 9 heteroatoms. The summed E-state index contributed by atoms with van der Waals surface area (Å²) in [4.78, 5) is 18.3. The summed E-state index contributed by atoms with van der Waals surface area (Å²) in [5.74, 6) is 0.0140. The molecule has 1 aromatic heterocycles. The summed E-state index contributed by atoms with van der Waals surface area (Å²) < 4.78 is 36.1. The molecule has 1 atom stereocenters. The molecule has 0 N–H and O–H groups in total. The highest BCUT2D eigenvalue weighted by molar-refractivity contribution is 7.89. The van der Waals surface area contributed by atoms with E-state index in [0.717, 1.165) is 21.5 Å². The van der Waals surface area contributed by atoms with Gasteiger partial charge in [-0.15, -0.1) is 0 Å². The van der Waals surface area contributed by atoms with Crippen LogP contribution in [-0.2, 0) is 21.9 Å². The maximum atomic E-state index is 13.1. The maximum Gasteiger partial charge on any atom is 0.252 e. The highest BCUT2D eigenvalue weighted by Crippen LogP contribution is 2.28. The SMILES string of the molecule is CCOc1cccc2sc(=NC(=O)C3CCCN(S(=O)(=O)c4ccc(C)cc4)C3)n(C)c12. The Labute approximate surface area is 192 Å². The van der Waals surface area contributed by atoms with E-state index in [1.165, 1.54) is 15.6 Å². The van der Waals surface area contributed by atoms with Gasteiger partial charge in [0.05, 0.1) is 22.1 Å². The zero-order chi connectivity index (χ0) is 22.9. The van der Waals surface area contributed by atoms with Crippen molar-refractivity contribution in [2.45, 2.75) is 31.6 Å². The van der Waals surface area contributed by atoms with Gasteiger partial charge in [-0.25, -0.2) is 8.42 Å². The number of nitrogens with zero attached hydrogens (tertiary/aromatic N) is 3. The lowest BCUT2D eigenvalue weighted by Gasteiger charge is -2.30.